The number of hydrogen-bond donors (Lipinski definition) is 0. The molecule has 0 aromatic heterocycles. The van der Waals surface area contributed by atoms with E-state index < -0.39 is 11.9 Å². The third-order valence-electron chi connectivity index (χ3n) is 0.857. The van der Waals surface area contributed by atoms with Gasteiger partial charge in [-0.25, -0.2) is 19.4 Å². The summed E-state index contributed by atoms with van der Waals surface area (Å²) in [7, 11) is 0. The molecule has 1 saturated heterocycles. The van der Waals surface area contributed by atoms with Gasteiger partial charge in [0.05, 0.1) is 6.42 Å². The Morgan fingerprint density at radius 2 is 2.00 bits per heavy atom. The molecule has 9 heavy (non-hydrogen) atoms. The topological polar surface area (TPSA) is 52.6 Å². The summed E-state index contributed by atoms with van der Waals surface area (Å²) in [6.45, 7) is 3.27. The molecule has 0 amide bonds. The molecule has 4 nitrogen and oxygen atoms in total. The van der Waals surface area contributed by atoms with Crippen LogP contribution in [0.25, 0.3) is 0 Å². The van der Waals surface area contributed by atoms with Crippen molar-refractivity contribution in [3.8, 4) is 0 Å². The lowest BCUT2D eigenvalue weighted by Crippen LogP contribution is -2.20. The van der Waals surface area contributed by atoms with Crippen LogP contribution in [0.4, 0.5) is 0 Å². The first-order chi connectivity index (χ1) is 4.20. The molecule has 1 aliphatic rings. The number of rotatable bonds is 0. The fraction of sp³-hybridized carbons (Fsp3) is 0.200. The summed E-state index contributed by atoms with van der Waals surface area (Å²) < 4.78 is 0. The summed E-state index contributed by atoms with van der Waals surface area (Å²) in [5.74, 6) is -1.26. The van der Waals surface area contributed by atoms with Crippen LogP contribution >= 0.6 is 0 Å². The van der Waals surface area contributed by atoms with Gasteiger partial charge in [-0.2, -0.15) is 0 Å². The zero-order valence-corrected chi connectivity index (χ0v) is 4.55. The largest absolute Gasteiger partial charge is 0.382 e. The van der Waals surface area contributed by atoms with E-state index in [1.165, 1.54) is 0 Å². The van der Waals surface area contributed by atoms with Crippen molar-refractivity contribution in [2.75, 3.05) is 0 Å². The van der Waals surface area contributed by atoms with Crippen molar-refractivity contribution in [2.24, 2.45) is 0 Å². The number of carbonyl (C=O) groups is 2. The summed E-state index contributed by atoms with van der Waals surface area (Å²) in [5, 5.41) is 0. The first-order valence-corrected chi connectivity index (χ1v) is 2.29. The van der Waals surface area contributed by atoms with Gasteiger partial charge in [0.25, 0.3) is 0 Å². The molecule has 0 aromatic rings. The van der Waals surface area contributed by atoms with Gasteiger partial charge < -0.3 is 0 Å². The van der Waals surface area contributed by atoms with Gasteiger partial charge in [0.2, 0.25) is 0 Å². The number of carbonyl (C=O) groups excluding carboxylic acids is 2. The maximum atomic E-state index is 10.3. The molecule has 0 bridgehead atoms. The quantitative estimate of drug-likeness (QED) is 0.339. The van der Waals surface area contributed by atoms with Gasteiger partial charge >= 0.3 is 11.9 Å². The lowest BCUT2D eigenvalue weighted by molar-refractivity contribution is -0.261. The fourth-order valence-electron chi connectivity index (χ4n) is 0.419. The van der Waals surface area contributed by atoms with Crippen molar-refractivity contribution < 1.29 is 19.4 Å². The van der Waals surface area contributed by atoms with Crippen molar-refractivity contribution in [3.63, 3.8) is 0 Å². The van der Waals surface area contributed by atoms with E-state index in [1.807, 2.05) is 0 Å². The maximum Gasteiger partial charge on any atom is 0.382 e. The maximum absolute atomic E-state index is 10.3. The van der Waals surface area contributed by atoms with Gasteiger partial charge in [-0.1, -0.05) is 6.58 Å². The van der Waals surface area contributed by atoms with Crippen LogP contribution in [0.1, 0.15) is 6.42 Å². The average molecular weight is 128 g/mol. The zero-order chi connectivity index (χ0) is 6.85. The Morgan fingerprint density at radius 1 is 1.33 bits per heavy atom. The monoisotopic (exact) mass is 128 g/mol. The van der Waals surface area contributed by atoms with Gasteiger partial charge in [0, 0.05) is 5.57 Å². The molecular weight excluding hydrogens is 124 g/mol. The molecule has 0 atom stereocenters. The van der Waals surface area contributed by atoms with Gasteiger partial charge in [-0.15, -0.1) is 0 Å². The summed E-state index contributed by atoms with van der Waals surface area (Å²) in [6, 6.07) is 0. The Balaban J connectivity index is 2.64. The van der Waals surface area contributed by atoms with Crippen LogP contribution in [-0.2, 0) is 19.4 Å². The Bertz CT molecular complexity index is 181. The molecule has 4 heteroatoms. The minimum absolute atomic E-state index is 0.0706. The van der Waals surface area contributed by atoms with Crippen LogP contribution in [-0.4, -0.2) is 11.9 Å². The first kappa shape index (κ1) is 5.81. The average Bonchev–Trinajstić information content (AvgIpc) is 1.80. The van der Waals surface area contributed by atoms with Crippen molar-refractivity contribution in [3.05, 3.63) is 12.2 Å². The van der Waals surface area contributed by atoms with Crippen LogP contribution in [0.5, 0.6) is 0 Å². The summed E-state index contributed by atoms with van der Waals surface area (Å²) in [5.41, 5.74) is 0.131. The van der Waals surface area contributed by atoms with E-state index >= 15 is 0 Å². The van der Waals surface area contributed by atoms with Crippen LogP contribution in [0.15, 0.2) is 12.2 Å². The molecule has 1 heterocycles. The Morgan fingerprint density at radius 3 is 2.44 bits per heavy atom. The second-order valence-electron chi connectivity index (χ2n) is 1.61. The highest BCUT2D eigenvalue weighted by Crippen LogP contribution is 2.08. The Labute approximate surface area is 51.0 Å². The molecular formula is C5H4O4. The van der Waals surface area contributed by atoms with E-state index in [4.69, 9.17) is 0 Å². The highest BCUT2D eigenvalue weighted by Gasteiger charge is 2.22. The second-order valence-corrected chi connectivity index (χ2v) is 1.61. The summed E-state index contributed by atoms with van der Waals surface area (Å²) >= 11 is 0. The SMILES string of the molecule is C=C1CC(=O)OOC1=O. The normalized spacial score (nSPS) is 18.9. The van der Waals surface area contributed by atoms with Crippen LogP contribution < -0.4 is 0 Å². The zero-order valence-electron chi connectivity index (χ0n) is 4.55. The Hall–Kier alpha value is -1.32. The molecule has 0 radical (unpaired) electrons. The standard InChI is InChI=1S/C5H4O4/c1-3-2-4(6)8-9-5(3)7/h1-2H2. The van der Waals surface area contributed by atoms with Crippen LogP contribution in [0.2, 0.25) is 0 Å². The van der Waals surface area contributed by atoms with E-state index in [0.717, 1.165) is 0 Å². The van der Waals surface area contributed by atoms with E-state index in [0.29, 0.717) is 0 Å². The smallest absolute Gasteiger partial charge is 0.247 e. The predicted molar refractivity (Wildman–Crippen MR) is 25.9 cm³/mol. The summed E-state index contributed by atoms with van der Waals surface area (Å²) in [4.78, 5) is 28.4. The lowest BCUT2D eigenvalue weighted by Gasteiger charge is -2.08. The highest BCUT2D eigenvalue weighted by atomic mass is 17.2. The highest BCUT2D eigenvalue weighted by molar-refractivity contribution is 5.95. The molecule has 1 fully saturated rings. The molecule has 1 aliphatic heterocycles. The van der Waals surface area contributed by atoms with E-state index in [1.54, 1.807) is 0 Å². The van der Waals surface area contributed by atoms with E-state index in [2.05, 4.69) is 16.4 Å². The molecule has 0 N–H and O–H groups in total. The van der Waals surface area contributed by atoms with E-state index in [-0.39, 0.29) is 12.0 Å². The summed E-state index contributed by atoms with van der Waals surface area (Å²) in [6.07, 6.45) is -0.0706. The van der Waals surface area contributed by atoms with Gasteiger partial charge in [-0.05, 0) is 0 Å². The molecule has 48 valence electrons. The molecule has 1 rings (SSSR count). The van der Waals surface area contributed by atoms with Crippen molar-refractivity contribution in [1.82, 2.24) is 0 Å². The minimum atomic E-state index is -0.672. The second kappa shape index (κ2) is 1.89. The lowest BCUT2D eigenvalue weighted by atomic mass is 10.2. The third kappa shape index (κ3) is 1.07. The molecule has 0 aliphatic carbocycles. The first-order valence-electron chi connectivity index (χ1n) is 2.29. The predicted octanol–water partition coefficient (Wildman–Crippen LogP) is -0.0523. The third-order valence-corrected chi connectivity index (χ3v) is 0.857. The molecule has 0 unspecified atom stereocenters. The minimum Gasteiger partial charge on any atom is -0.247 e. The van der Waals surface area contributed by atoms with Gasteiger partial charge in [0.15, 0.2) is 0 Å². The van der Waals surface area contributed by atoms with Crippen molar-refractivity contribution >= 4 is 11.9 Å². The van der Waals surface area contributed by atoms with Gasteiger partial charge in [0.1, 0.15) is 0 Å². The molecule has 0 saturated carbocycles. The van der Waals surface area contributed by atoms with Crippen molar-refractivity contribution in [1.29, 1.82) is 0 Å². The van der Waals surface area contributed by atoms with Gasteiger partial charge in [-0.3, -0.25) is 0 Å². The van der Waals surface area contributed by atoms with Crippen LogP contribution in [0.3, 0.4) is 0 Å². The van der Waals surface area contributed by atoms with Crippen LogP contribution in [0, 0.1) is 0 Å². The van der Waals surface area contributed by atoms with Crippen molar-refractivity contribution in [2.45, 2.75) is 6.42 Å². The number of hydrogen-bond acceptors (Lipinski definition) is 4. The fourth-order valence-corrected chi connectivity index (χ4v) is 0.419. The Kier molecular flexibility index (Phi) is 1.22. The molecule has 0 spiro atoms. The molecule has 0 aromatic carbocycles. The van der Waals surface area contributed by atoms with E-state index in [9.17, 15) is 9.59 Å².